The first kappa shape index (κ1) is 14.7. The zero-order chi connectivity index (χ0) is 15.5. The molecule has 6 nitrogen and oxygen atoms in total. The molecule has 2 heterocycles. The highest BCUT2D eigenvalue weighted by Gasteiger charge is 2.28. The van der Waals surface area contributed by atoms with E-state index in [9.17, 15) is 4.79 Å². The van der Waals surface area contributed by atoms with Gasteiger partial charge in [0.15, 0.2) is 0 Å². The number of nitrogens with zero attached hydrogens (tertiary/aromatic N) is 4. The average molecular weight is 299 g/mol. The number of aryl methyl sites for hydroxylation is 1. The molecule has 22 heavy (non-hydrogen) atoms. The van der Waals surface area contributed by atoms with E-state index >= 15 is 0 Å². The Balaban J connectivity index is 1.99. The first-order valence-corrected chi connectivity index (χ1v) is 7.69. The number of carbonyl (C=O) groups excluding carboxylic acids is 1. The molecule has 2 aromatic rings. The van der Waals surface area contributed by atoms with Gasteiger partial charge in [-0.1, -0.05) is 18.6 Å². The normalized spacial score (nSPS) is 18.5. The van der Waals surface area contributed by atoms with E-state index in [1.54, 1.807) is 12.4 Å². The lowest BCUT2D eigenvalue weighted by molar-refractivity contribution is 0.0630. The summed E-state index contributed by atoms with van der Waals surface area (Å²) in [5.74, 6) is 0.0596. The first-order chi connectivity index (χ1) is 10.7. The molecule has 3 rings (SSSR count). The van der Waals surface area contributed by atoms with Gasteiger partial charge < -0.3 is 10.2 Å². The molecule has 1 aliphatic heterocycles. The van der Waals surface area contributed by atoms with Crippen LogP contribution in [0.25, 0.3) is 5.69 Å². The van der Waals surface area contributed by atoms with Crippen LogP contribution in [0, 0.1) is 6.92 Å². The van der Waals surface area contributed by atoms with Crippen LogP contribution < -0.4 is 5.32 Å². The van der Waals surface area contributed by atoms with Gasteiger partial charge in [0.05, 0.1) is 23.6 Å². The van der Waals surface area contributed by atoms with Gasteiger partial charge in [0, 0.05) is 25.7 Å². The van der Waals surface area contributed by atoms with Crippen molar-refractivity contribution in [1.29, 1.82) is 0 Å². The summed E-state index contributed by atoms with van der Waals surface area (Å²) < 4.78 is 0. The monoisotopic (exact) mass is 299 g/mol. The lowest BCUT2D eigenvalue weighted by atomic mass is 10.0. The standard InChI is InChI=1S/C16H21N5O/c1-3-13-11-17-8-9-20(13)16(22)14-10-12(2)4-5-15(14)21-18-6-7-19-21/h4-7,10,13,17H,3,8-9,11H2,1-2H3. The molecule has 0 bridgehead atoms. The summed E-state index contributed by atoms with van der Waals surface area (Å²) in [5, 5.41) is 11.7. The van der Waals surface area contributed by atoms with Gasteiger partial charge in [-0.05, 0) is 25.5 Å². The SMILES string of the molecule is CCC1CNCCN1C(=O)c1cc(C)ccc1-n1nccn1. The molecule has 1 aliphatic rings. The Labute approximate surface area is 130 Å². The van der Waals surface area contributed by atoms with Crippen LogP contribution in [0.1, 0.15) is 29.3 Å². The van der Waals surface area contributed by atoms with Crippen LogP contribution in [0.3, 0.4) is 0 Å². The molecule has 1 aromatic heterocycles. The highest BCUT2D eigenvalue weighted by Crippen LogP contribution is 2.20. The Bertz CT molecular complexity index is 653. The van der Waals surface area contributed by atoms with Crippen LogP contribution in [0.4, 0.5) is 0 Å². The van der Waals surface area contributed by atoms with Crippen LogP contribution in [-0.2, 0) is 0 Å². The van der Waals surface area contributed by atoms with E-state index < -0.39 is 0 Å². The number of nitrogens with one attached hydrogen (secondary N) is 1. The van der Waals surface area contributed by atoms with Crippen molar-refractivity contribution in [3.8, 4) is 5.69 Å². The maximum atomic E-state index is 13.1. The van der Waals surface area contributed by atoms with E-state index in [1.807, 2.05) is 30.0 Å². The van der Waals surface area contributed by atoms with E-state index in [-0.39, 0.29) is 11.9 Å². The molecular formula is C16H21N5O. The molecule has 0 aliphatic carbocycles. The average Bonchev–Trinajstić information content (AvgIpc) is 3.08. The summed E-state index contributed by atoms with van der Waals surface area (Å²) in [7, 11) is 0. The second-order valence-electron chi connectivity index (χ2n) is 5.60. The summed E-state index contributed by atoms with van der Waals surface area (Å²) in [6.07, 6.45) is 4.18. The van der Waals surface area contributed by atoms with Gasteiger partial charge in [0.2, 0.25) is 0 Å². The predicted octanol–water partition coefficient (Wildman–Crippen LogP) is 1.40. The molecule has 1 saturated heterocycles. The van der Waals surface area contributed by atoms with Crippen LogP contribution in [0.15, 0.2) is 30.6 Å². The third-order valence-electron chi connectivity index (χ3n) is 4.10. The van der Waals surface area contributed by atoms with Gasteiger partial charge in [-0.15, -0.1) is 0 Å². The molecule has 116 valence electrons. The minimum Gasteiger partial charge on any atom is -0.333 e. The molecule has 0 saturated carbocycles. The van der Waals surface area contributed by atoms with Gasteiger partial charge in [-0.3, -0.25) is 4.79 Å². The predicted molar refractivity (Wildman–Crippen MR) is 84.1 cm³/mol. The molecular weight excluding hydrogens is 278 g/mol. The van der Waals surface area contributed by atoms with Crippen molar-refractivity contribution >= 4 is 5.91 Å². The van der Waals surface area contributed by atoms with Gasteiger partial charge in [0.25, 0.3) is 5.91 Å². The van der Waals surface area contributed by atoms with E-state index in [0.717, 1.165) is 37.3 Å². The van der Waals surface area contributed by atoms with Gasteiger partial charge in [-0.25, -0.2) is 0 Å². The second kappa shape index (κ2) is 6.27. The number of carbonyl (C=O) groups is 1. The number of hydrogen-bond donors (Lipinski definition) is 1. The molecule has 1 unspecified atom stereocenters. The van der Waals surface area contributed by atoms with Crippen LogP contribution in [-0.4, -0.2) is 51.5 Å². The summed E-state index contributed by atoms with van der Waals surface area (Å²) >= 11 is 0. The second-order valence-corrected chi connectivity index (χ2v) is 5.60. The summed E-state index contributed by atoms with van der Waals surface area (Å²) in [6, 6.07) is 6.05. The lowest BCUT2D eigenvalue weighted by Crippen LogP contribution is -2.53. The number of rotatable bonds is 3. The van der Waals surface area contributed by atoms with Crippen LogP contribution in [0.5, 0.6) is 0 Å². The van der Waals surface area contributed by atoms with Crippen LogP contribution in [0.2, 0.25) is 0 Å². The molecule has 0 radical (unpaired) electrons. The quantitative estimate of drug-likeness (QED) is 0.930. The Morgan fingerprint density at radius 3 is 2.86 bits per heavy atom. The Hall–Kier alpha value is -2.21. The minimum atomic E-state index is 0.0596. The minimum absolute atomic E-state index is 0.0596. The summed E-state index contributed by atoms with van der Waals surface area (Å²) in [6.45, 7) is 6.53. The molecule has 1 N–H and O–H groups in total. The van der Waals surface area contributed by atoms with Crippen molar-refractivity contribution in [2.24, 2.45) is 0 Å². The van der Waals surface area contributed by atoms with Crippen molar-refractivity contribution in [1.82, 2.24) is 25.2 Å². The van der Waals surface area contributed by atoms with Crippen molar-refractivity contribution in [2.45, 2.75) is 26.3 Å². The van der Waals surface area contributed by atoms with E-state index in [1.165, 1.54) is 4.80 Å². The van der Waals surface area contributed by atoms with Crippen molar-refractivity contribution < 1.29 is 4.79 Å². The largest absolute Gasteiger partial charge is 0.333 e. The maximum Gasteiger partial charge on any atom is 0.256 e. The molecule has 1 aromatic carbocycles. The zero-order valence-corrected chi connectivity index (χ0v) is 13.0. The Morgan fingerprint density at radius 1 is 1.36 bits per heavy atom. The number of hydrogen-bond acceptors (Lipinski definition) is 4. The third-order valence-corrected chi connectivity index (χ3v) is 4.10. The van der Waals surface area contributed by atoms with Gasteiger partial charge in [0.1, 0.15) is 0 Å². The molecule has 1 amide bonds. The zero-order valence-electron chi connectivity index (χ0n) is 13.0. The maximum absolute atomic E-state index is 13.1. The Kier molecular flexibility index (Phi) is 4.20. The van der Waals surface area contributed by atoms with Crippen molar-refractivity contribution in [3.05, 3.63) is 41.7 Å². The van der Waals surface area contributed by atoms with Gasteiger partial charge >= 0.3 is 0 Å². The smallest absolute Gasteiger partial charge is 0.256 e. The highest BCUT2D eigenvalue weighted by atomic mass is 16.2. The fourth-order valence-corrected chi connectivity index (χ4v) is 2.88. The van der Waals surface area contributed by atoms with E-state index in [4.69, 9.17) is 0 Å². The van der Waals surface area contributed by atoms with Gasteiger partial charge in [-0.2, -0.15) is 15.0 Å². The summed E-state index contributed by atoms with van der Waals surface area (Å²) in [5.41, 5.74) is 2.45. The summed E-state index contributed by atoms with van der Waals surface area (Å²) in [4.78, 5) is 16.5. The van der Waals surface area contributed by atoms with E-state index in [0.29, 0.717) is 5.56 Å². The van der Waals surface area contributed by atoms with Crippen molar-refractivity contribution in [3.63, 3.8) is 0 Å². The molecule has 1 atom stereocenters. The number of aromatic nitrogens is 3. The lowest BCUT2D eigenvalue weighted by Gasteiger charge is -2.36. The van der Waals surface area contributed by atoms with Crippen molar-refractivity contribution in [2.75, 3.05) is 19.6 Å². The fraction of sp³-hybridized carbons (Fsp3) is 0.438. The fourth-order valence-electron chi connectivity index (χ4n) is 2.88. The Morgan fingerprint density at radius 2 is 2.14 bits per heavy atom. The topological polar surface area (TPSA) is 63.1 Å². The highest BCUT2D eigenvalue weighted by molar-refractivity contribution is 5.98. The first-order valence-electron chi connectivity index (χ1n) is 7.69. The van der Waals surface area contributed by atoms with E-state index in [2.05, 4.69) is 22.4 Å². The van der Waals surface area contributed by atoms with Crippen LogP contribution >= 0.6 is 0 Å². The third kappa shape index (κ3) is 2.74. The number of amides is 1. The molecule has 1 fully saturated rings. The molecule has 6 heteroatoms. The number of piperazine rings is 1. The molecule has 0 spiro atoms. The number of benzene rings is 1.